The van der Waals surface area contributed by atoms with Crippen LogP contribution in [0, 0.1) is 12.8 Å². The summed E-state index contributed by atoms with van der Waals surface area (Å²) in [5.74, 6) is 0.682. The van der Waals surface area contributed by atoms with E-state index in [1.54, 1.807) is 5.51 Å². The maximum absolute atomic E-state index is 12.3. The predicted molar refractivity (Wildman–Crippen MR) is 75.3 cm³/mol. The lowest BCUT2D eigenvalue weighted by molar-refractivity contribution is 0.104. The van der Waals surface area contributed by atoms with E-state index in [2.05, 4.69) is 24.9 Å². The van der Waals surface area contributed by atoms with Crippen molar-refractivity contribution in [1.82, 2.24) is 4.98 Å². The first-order chi connectivity index (χ1) is 8.58. The van der Waals surface area contributed by atoms with Gasteiger partial charge in [0.15, 0.2) is 0 Å². The average Bonchev–Trinajstić information content (AvgIpc) is 2.74. The summed E-state index contributed by atoms with van der Waals surface area (Å²) >= 11 is 1.41. The Labute approximate surface area is 112 Å². The third-order valence-electron chi connectivity index (χ3n) is 2.78. The number of aryl methyl sites for hydroxylation is 1. The van der Waals surface area contributed by atoms with E-state index in [-0.39, 0.29) is 5.78 Å². The minimum atomic E-state index is 0.0839. The quantitative estimate of drug-likeness (QED) is 0.780. The van der Waals surface area contributed by atoms with Crippen molar-refractivity contribution in [1.29, 1.82) is 0 Å². The van der Waals surface area contributed by atoms with Crippen LogP contribution in [0.4, 0.5) is 0 Å². The van der Waals surface area contributed by atoms with Crippen molar-refractivity contribution in [2.45, 2.75) is 27.2 Å². The van der Waals surface area contributed by atoms with E-state index in [0.29, 0.717) is 5.92 Å². The molecule has 18 heavy (non-hydrogen) atoms. The van der Waals surface area contributed by atoms with Crippen LogP contribution in [0.25, 0.3) is 0 Å². The second-order valence-electron chi connectivity index (χ2n) is 4.89. The number of rotatable bonds is 4. The van der Waals surface area contributed by atoms with E-state index in [4.69, 9.17) is 0 Å². The van der Waals surface area contributed by atoms with Crippen LogP contribution in [0.15, 0.2) is 29.8 Å². The summed E-state index contributed by atoms with van der Waals surface area (Å²) in [7, 11) is 0. The molecule has 0 unspecified atom stereocenters. The molecule has 0 N–H and O–H groups in total. The van der Waals surface area contributed by atoms with Gasteiger partial charge in [0.25, 0.3) is 0 Å². The molecule has 94 valence electrons. The second kappa shape index (κ2) is 5.44. The van der Waals surface area contributed by atoms with Crippen molar-refractivity contribution in [2.75, 3.05) is 0 Å². The molecule has 1 aromatic heterocycles. The number of aromatic nitrogens is 1. The predicted octanol–water partition coefficient (Wildman–Crippen LogP) is 3.88. The highest BCUT2D eigenvalue weighted by molar-refractivity contribution is 7.12. The number of nitrogens with zero attached hydrogens (tertiary/aromatic N) is 1. The van der Waals surface area contributed by atoms with Crippen molar-refractivity contribution in [3.05, 3.63) is 51.5 Å². The van der Waals surface area contributed by atoms with Crippen LogP contribution < -0.4 is 0 Å². The van der Waals surface area contributed by atoms with E-state index in [1.165, 1.54) is 16.9 Å². The van der Waals surface area contributed by atoms with E-state index in [1.807, 2.05) is 25.1 Å². The van der Waals surface area contributed by atoms with Crippen molar-refractivity contribution in [3.63, 3.8) is 0 Å². The summed E-state index contributed by atoms with van der Waals surface area (Å²) in [6, 6.07) is 7.92. The molecule has 2 rings (SSSR count). The molecule has 0 aliphatic rings. The molecule has 0 atom stereocenters. The van der Waals surface area contributed by atoms with Gasteiger partial charge in [-0.1, -0.05) is 32.0 Å². The zero-order valence-electron chi connectivity index (χ0n) is 10.9. The van der Waals surface area contributed by atoms with Gasteiger partial charge in [0, 0.05) is 5.56 Å². The topological polar surface area (TPSA) is 30.0 Å². The summed E-state index contributed by atoms with van der Waals surface area (Å²) in [4.78, 5) is 17.2. The zero-order chi connectivity index (χ0) is 13.1. The fraction of sp³-hybridized carbons (Fsp3) is 0.333. The number of thiazole rings is 1. The van der Waals surface area contributed by atoms with Gasteiger partial charge < -0.3 is 0 Å². The van der Waals surface area contributed by atoms with Gasteiger partial charge in [-0.15, -0.1) is 11.3 Å². The van der Waals surface area contributed by atoms with Crippen molar-refractivity contribution in [2.24, 2.45) is 5.92 Å². The highest BCUT2D eigenvalue weighted by Gasteiger charge is 2.14. The highest BCUT2D eigenvalue weighted by atomic mass is 32.1. The van der Waals surface area contributed by atoms with Gasteiger partial charge >= 0.3 is 0 Å². The molecule has 0 saturated carbocycles. The lowest BCUT2D eigenvalue weighted by Crippen LogP contribution is -2.02. The standard InChI is InChI=1S/C15H17NOS/c1-10(2)7-12-5-4-6-13(8-12)14(17)15-11(3)16-9-18-15/h4-6,8-10H,7H2,1-3H3. The molecule has 1 aromatic carbocycles. The van der Waals surface area contributed by atoms with E-state index in [9.17, 15) is 4.79 Å². The molecule has 0 bridgehead atoms. The van der Waals surface area contributed by atoms with E-state index in [0.717, 1.165) is 22.6 Å². The fourth-order valence-corrected chi connectivity index (χ4v) is 2.73. The molecule has 0 radical (unpaired) electrons. The first-order valence-corrected chi connectivity index (χ1v) is 6.99. The average molecular weight is 259 g/mol. The molecular formula is C15H17NOS. The fourth-order valence-electron chi connectivity index (χ4n) is 1.96. The number of ketones is 1. The van der Waals surface area contributed by atoms with Crippen LogP contribution in [0.3, 0.4) is 0 Å². The van der Waals surface area contributed by atoms with E-state index < -0.39 is 0 Å². The Balaban J connectivity index is 2.29. The number of carbonyl (C=O) groups is 1. The Morgan fingerprint density at radius 3 is 2.78 bits per heavy atom. The molecule has 0 fully saturated rings. The Morgan fingerprint density at radius 1 is 1.39 bits per heavy atom. The van der Waals surface area contributed by atoms with Gasteiger partial charge in [0.2, 0.25) is 5.78 Å². The summed E-state index contributed by atoms with van der Waals surface area (Å²) in [5, 5.41) is 0. The monoisotopic (exact) mass is 259 g/mol. The van der Waals surface area contributed by atoms with Gasteiger partial charge in [-0.2, -0.15) is 0 Å². The van der Waals surface area contributed by atoms with Crippen molar-refractivity contribution in [3.8, 4) is 0 Å². The summed E-state index contributed by atoms with van der Waals surface area (Å²) in [6.45, 7) is 6.24. The molecule has 0 spiro atoms. The second-order valence-corrected chi connectivity index (χ2v) is 5.75. The minimum absolute atomic E-state index is 0.0839. The van der Waals surface area contributed by atoms with Crippen LogP contribution in [0.1, 0.15) is 40.3 Å². The third kappa shape index (κ3) is 2.85. The van der Waals surface area contributed by atoms with Gasteiger partial charge in [-0.3, -0.25) is 4.79 Å². The first-order valence-electron chi connectivity index (χ1n) is 6.11. The molecule has 1 heterocycles. The lowest BCUT2D eigenvalue weighted by atomic mass is 9.99. The zero-order valence-corrected chi connectivity index (χ0v) is 11.8. The van der Waals surface area contributed by atoms with Crippen LogP contribution in [-0.2, 0) is 6.42 Å². The van der Waals surface area contributed by atoms with Crippen LogP contribution in [0.2, 0.25) is 0 Å². The van der Waals surface area contributed by atoms with Gasteiger partial charge in [-0.05, 0) is 30.9 Å². The Kier molecular flexibility index (Phi) is 3.92. The molecule has 2 aromatic rings. The SMILES string of the molecule is Cc1ncsc1C(=O)c1cccc(CC(C)C)c1. The lowest BCUT2D eigenvalue weighted by Gasteiger charge is -2.06. The normalized spacial score (nSPS) is 10.9. The number of hydrogen-bond donors (Lipinski definition) is 0. The number of benzene rings is 1. The molecule has 3 heteroatoms. The van der Waals surface area contributed by atoms with Gasteiger partial charge in [0.1, 0.15) is 0 Å². The van der Waals surface area contributed by atoms with Crippen molar-refractivity contribution < 1.29 is 4.79 Å². The number of hydrogen-bond acceptors (Lipinski definition) is 3. The molecule has 0 aliphatic carbocycles. The first kappa shape index (κ1) is 13.0. The minimum Gasteiger partial charge on any atom is -0.288 e. The Hall–Kier alpha value is -1.48. The van der Waals surface area contributed by atoms with Crippen molar-refractivity contribution >= 4 is 17.1 Å². The molecular weight excluding hydrogens is 242 g/mol. The Morgan fingerprint density at radius 2 is 2.17 bits per heavy atom. The van der Waals surface area contributed by atoms with Crippen LogP contribution in [-0.4, -0.2) is 10.8 Å². The maximum Gasteiger partial charge on any atom is 0.204 e. The number of carbonyl (C=O) groups excluding carboxylic acids is 1. The summed E-state index contributed by atoms with van der Waals surface area (Å²) in [5.41, 5.74) is 4.53. The highest BCUT2D eigenvalue weighted by Crippen LogP contribution is 2.19. The molecule has 2 nitrogen and oxygen atoms in total. The largest absolute Gasteiger partial charge is 0.288 e. The van der Waals surface area contributed by atoms with Gasteiger partial charge in [-0.25, -0.2) is 4.98 Å². The summed E-state index contributed by atoms with van der Waals surface area (Å²) in [6.07, 6.45) is 1.00. The Bertz CT molecular complexity index is 557. The smallest absolute Gasteiger partial charge is 0.204 e. The molecule has 0 saturated heterocycles. The maximum atomic E-state index is 12.3. The van der Waals surface area contributed by atoms with Crippen LogP contribution >= 0.6 is 11.3 Å². The molecule has 0 amide bonds. The summed E-state index contributed by atoms with van der Waals surface area (Å²) < 4.78 is 0. The van der Waals surface area contributed by atoms with E-state index >= 15 is 0 Å². The molecule has 0 aliphatic heterocycles. The van der Waals surface area contributed by atoms with Crippen LogP contribution in [0.5, 0.6) is 0 Å². The van der Waals surface area contributed by atoms with Gasteiger partial charge in [0.05, 0.1) is 16.1 Å². The third-order valence-corrected chi connectivity index (χ3v) is 3.71.